The van der Waals surface area contributed by atoms with Gasteiger partial charge in [0.15, 0.2) is 28.0 Å². The standard InChI is InChI=1S/C46H59N3O4Si2/c1-31-39(50)38-37(41(40(31)51-8)53-55(11,12)44(5,6)7)35(29-52-54(9,10)43(2,3)4)45(30-47)42-36(28-48(38)45)49(42)46(32-22-16-13-17-23-32,33-24-18-14-19-25-33)34-26-20-15-21-27-34/h13-27,36,38,41-42H,28-29H2,1-12H3/t36-,38?,41?,42-,45?,49?/m0/s1. The lowest BCUT2D eigenvalue weighted by Crippen LogP contribution is -2.58. The molecule has 3 aliphatic heterocycles. The molecule has 290 valence electrons. The Morgan fingerprint density at radius 2 is 1.27 bits per heavy atom. The van der Waals surface area contributed by atoms with Gasteiger partial charge in [0, 0.05) is 18.2 Å². The van der Waals surface area contributed by atoms with Crippen molar-refractivity contribution in [3.05, 3.63) is 130 Å². The summed E-state index contributed by atoms with van der Waals surface area (Å²) in [5.74, 6) is 0.536. The Morgan fingerprint density at radius 3 is 1.69 bits per heavy atom. The number of benzene rings is 3. The number of nitrogens with zero attached hydrogens (tertiary/aromatic N) is 3. The van der Waals surface area contributed by atoms with Gasteiger partial charge < -0.3 is 13.6 Å². The zero-order valence-corrected chi connectivity index (χ0v) is 36.9. The molecule has 3 heterocycles. The number of hydrogen-bond donors (Lipinski definition) is 0. The average molecular weight is 774 g/mol. The van der Waals surface area contributed by atoms with E-state index in [1.54, 1.807) is 7.11 Å². The number of nitriles is 1. The van der Waals surface area contributed by atoms with Crippen molar-refractivity contribution < 1.29 is 18.4 Å². The van der Waals surface area contributed by atoms with Crippen molar-refractivity contribution in [2.75, 3.05) is 20.3 Å². The van der Waals surface area contributed by atoms with Gasteiger partial charge in [0.1, 0.15) is 11.9 Å². The molecule has 0 aromatic heterocycles. The first-order valence-electron chi connectivity index (χ1n) is 19.8. The highest BCUT2D eigenvalue weighted by Crippen LogP contribution is 2.64. The van der Waals surface area contributed by atoms with Crippen LogP contribution in [0.2, 0.25) is 36.3 Å². The maximum Gasteiger partial charge on any atom is 0.193 e. The van der Waals surface area contributed by atoms with Crippen LogP contribution < -0.4 is 0 Å². The van der Waals surface area contributed by atoms with Crippen molar-refractivity contribution >= 4 is 22.4 Å². The predicted octanol–water partition coefficient (Wildman–Crippen LogP) is 9.20. The van der Waals surface area contributed by atoms with Gasteiger partial charge in [-0.1, -0.05) is 133 Å². The summed E-state index contributed by atoms with van der Waals surface area (Å²) < 4.78 is 20.7. The average Bonchev–Trinajstić information content (AvgIpc) is 3.63. The van der Waals surface area contributed by atoms with Gasteiger partial charge in [-0.05, 0) is 71.0 Å². The van der Waals surface area contributed by atoms with Crippen LogP contribution in [0, 0.1) is 11.3 Å². The number of carbonyl (C=O) groups excluding carboxylic acids is 1. The number of ketones is 1. The van der Waals surface area contributed by atoms with E-state index in [0.29, 0.717) is 17.9 Å². The zero-order chi connectivity index (χ0) is 39.9. The Balaban J connectivity index is 1.49. The van der Waals surface area contributed by atoms with E-state index in [0.717, 1.165) is 27.8 Å². The summed E-state index contributed by atoms with van der Waals surface area (Å²) in [6.45, 7) is 25.1. The molecule has 3 aromatic rings. The van der Waals surface area contributed by atoms with Crippen LogP contribution in [0.5, 0.6) is 0 Å². The molecule has 3 aromatic carbocycles. The minimum absolute atomic E-state index is 0.00893. The van der Waals surface area contributed by atoms with Crippen LogP contribution in [-0.4, -0.2) is 82.2 Å². The second-order valence-electron chi connectivity index (χ2n) is 19.0. The number of carbonyl (C=O) groups is 1. The van der Waals surface area contributed by atoms with Gasteiger partial charge in [-0.25, -0.2) is 0 Å². The Kier molecular flexibility index (Phi) is 9.72. The van der Waals surface area contributed by atoms with Gasteiger partial charge >= 0.3 is 0 Å². The van der Waals surface area contributed by atoms with Crippen molar-refractivity contribution in [2.45, 2.75) is 120 Å². The molecule has 7 rings (SSSR count). The molecule has 7 nitrogen and oxygen atoms in total. The number of piperazine rings is 1. The molecule has 0 radical (unpaired) electrons. The molecule has 0 bridgehead atoms. The van der Waals surface area contributed by atoms with E-state index in [2.05, 4.69) is 175 Å². The lowest BCUT2D eigenvalue weighted by atomic mass is 9.76. The van der Waals surface area contributed by atoms with Crippen molar-refractivity contribution in [2.24, 2.45) is 0 Å². The van der Waals surface area contributed by atoms with Gasteiger partial charge in [0.25, 0.3) is 0 Å². The fraction of sp³-hybridized carbons (Fsp3) is 0.478. The van der Waals surface area contributed by atoms with Crippen molar-refractivity contribution in [3.63, 3.8) is 0 Å². The smallest absolute Gasteiger partial charge is 0.193 e. The van der Waals surface area contributed by atoms with E-state index in [1.807, 2.05) is 6.92 Å². The minimum atomic E-state index is -2.44. The molecule has 0 spiro atoms. The number of hydrogen-bond acceptors (Lipinski definition) is 7. The zero-order valence-electron chi connectivity index (χ0n) is 34.9. The molecule has 9 heteroatoms. The molecule has 4 aliphatic rings. The Labute approximate surface area is 331 Å². The molecule has 4 unspecified atom stereocenters. The highest BCUT2D eigenvalue weighted by Gasteiger charge is 2.79. The molecule has 6 atom stereocenters. The summed E-state index contributed by atoms with van der Waals surface area (Å²) in [6.07, 6.45) is -0.602. The van der Waals surface area contributed by atoms with Crippen LogP contribution in [0.1, 0.15) is 65.2 Å². The molecule has 2 saturated heterocycles. The van der Waals surface area contributed by atoms with Crippen LogP contribution in [0.4, 0.5) is 0 Å². The Hall–Kier alpha value is -3.63. The van der Waals surface area contributed by atoms with Crippen LogP contribution in [0.15, 0.2) is 113 Å². The van der Waals surface area contributed by atoms with E-state index in [4.69, 9.17) is 13.6 Å². The van der Waals surface area contributed by atoms with Crippen LogP contribution in [-0.2, 0) is 23.9 Å². The summed E-state index contributed by atoms with van der Waals surface area (Å²) in [4.78, 5) is 19.6. The van der Waals surface area contributed by atoms with E-state index in [-0.39, 0.29) is 34.6 Å². The third-order valence-electron chi connectivity index (χ3n) is 14.1. The number of methoxy groups -OCH3 is 1. The fourth-order valence-electron chi connectivity index (χ4n) is 9.08. The molecule has 0 saturated carbocycles. The molecular formula is C46H59N3O4Si2. The molecular weight excluding hydrogens is 715 g/mol. The van der Waals surface area contributed by atoms with E-state index in [9.17, 15) is 10.1 Å². The van der Waals surface area contributed by atoms with E-state index >= 15 is 0 Å². The first-order chi connectivity index (χ1) is 25.8. The van der Waals surface area contributed by atoms with Gasteiger partial charge in [0.05, 0.1) is 37.4 Å². The summed E-state index contributed by atoms with van der Waals surface area (Å²) in [7, 11) is -3.12. The summed E-state index contributed by atoms with van der Waals surface area (Å²) in [5, 5.41) is 11.8. The highest BCUT2D eigenvalue weighted by atomic mass is 28.4. The third kappa shape index (κ3) is 5.82. The van der Waals surface area contributed by atoms with Crippen LogP contribution in [0.25, 0.3) is 0 Å². The SMILES string of the molecule is COC1=C(C)C(=O)C2C(=C(CO[Si](C)(C)C(C)(C)C)C3(C#N)[C@@H]4[C@H](CN23)N4C(c2ccccc2)(c2ccccc2)c2ccccc2)C1O[Si](C)(C)C(C)(C)C. The first kappa shape index (κ1) is 39.6. The van der Waals surface area contributed by atoms with Gasteiger partial charge in [-0.3, -0.25) is 14.6 Å². The van der Waals surface area contributed by atoms with E-state index in [1.165, 1.54) is 0 Å². The van der Waals surface area contributed by atoms with Crippen molar-refractivity contribution in [1.82, 2.24) is 9.80 Å². The number of rotatable bonds is 10. The third-order valence-corrected chi connectivity index (χ3v) is 23.0. The second-order valence-corrected chi connectivity index (χ2v) is 28.5. The molecule has 0 amide bonds. The molecule has 55 heavy (non-hydrogen) atoms. The van der Waals surface area contributed by atoms with Gasteiger partial charge in [-0.15, -0.1) is 0 Å². The summed E-state index contributed by atoms with van der Waals surface area (Å²) in [5.41, 5.74) is 3.86. The Morgan fingerprint density at radius 1 is 0.800 bits per heavy atom. The van der Waals surface area contributed by atoms with E-state index < -0.39 is 39.9 Å². The van der Waals surface area contributed by atoms with Crippen molar-refractivity contribution in [1.29, 1.82) is 5.26 Å². The monoisotopic (exact) mass is 773 g/mol. The lowest BCUT2D eigenvalue weighted by Gasteiger charge is -2.44. The van der Waals surface area contributed by atoms with Gasteiger partial charge in [0.2, 0.25) is 0 Å². The van der Waals surface area contributed by atoms with Crippen molar-refractivity contribution in [3.8, 4) is 6.07 Å². The maximum atomic E-state index is 14.8. The summed E-state index contributed by atoms with van der Waals surface area (Å²) in [6, 6.07) is 34.2. The molecule has 1 aliphatic carbocycles. The fourth-order valence-corrected chi connectivity index (χ4v) is 11.2. The number of ether oxygens (including phenoxy) is 1. The largest absolute Gasteiger partial charge is 0.498 e. The first-order valence-corrected chi connectivity index (χ1v) is 25.6. The van der Waals surface area contributed by atoms with Crippen LogP contribution in [0.3, 0.4) is 0 Å². The number of Topliss-reactive ketones (excluding diaryl/α,β-unsaturated/α-hetero) is 1. The summed E-state index contributed by atoms with van der Waals surface area (Å²) >= 11 is 0. The highest BCUT2D eigenvalue weighted by molar-refractivity contribution is 6.74. The molecule has 2 fully saturated rings. The quantitative estimate of drug-likeness (QED) is 0.0881. The number of fused-ring (bicyclic) bond motifs is 5. The topological polar surface area (TPSA) is 74.8 Å². The molecule has 0 N–H and O–H groups in total. The lowest BCUT2D eigenvalue weighted by molar-refractivity contribution is -0.121. The second kappa shape index (κ2) is 13.5. The normalized spacial score (nSPS) is 27.1. The van der Waals surface area contributed by atoms with Gasteiger partial charge in [-0.2, -0.15) is 5.26 Å². The maximum absolute atomic E-state index is 14.8. The van der Waals surface area contributed by atoms with Crippen LogP contribution >= 0.6 is 0 Å². The predicted molar refractivity (Wildman–Crippen MR) is 224 cm³/mol. The Bertz CT molecular complexity index is 1960. The minimum Gasteiger partial charge on any atom is -0.498 e.